The van der Waals surface area contributed by atoms with Gasteiger partial charge in [-0.15, -0.1) is 11.3 Å². The monoisotopic (exact) mass is 368 g/mol. The molecule has 1 aromatic heterocycles. The summed E-state index contributed by atoms with van der Waals surface area (Å²) in [6.45, 7) is 4.20. The molecule has 1 atom stereocenters. The normalized spacial score (nSPS) is 15.5. The Balaban J connectivity index is 2.02. The molecule has 5 heteroatoms. The van der Waals surface area contributed by atoms with Gasteiger partial charge in [-0.25, -0.2) is 9.37 Å². The highest BCUT2D eigenvalue weighted by Gasteiger charge is 2.25. The number of rotatable bonds is 4. The van der Waals surface area contributed by atoms with Crippen LogP contribution in [0.3, 0.4) is 0 Å². The van der Waals surface area contributed by atoms with Gasteiger partial charge in [-0.05, 0) is 56.9 Å². The molecule has 0 bridgehead atoms. The smallest absolute Gasteiger partial charge is 0.123 e. The minimum absolute atomic E-state index is 0.0642. The van der Waals surface area contributed by atoms with Gasteiger partial charge < -0.3 is 5.32 Å². The summed E-state index contributed by atoms with van der Waals surface area (Å²) >= 11 is 5.31. The number of hydrogen-bond donors (Lipinski definition) is 1. The standard InChI is InChI=1S/C16H18BrFN2S/c1-9(2)19-15(11-8-10(18)6-7-12(11)17)16-20-13-4-3-5-14(13)21-16/h6-9,15,19H,3-5H2,1-2H3. The third-order valence-corrected chi connectivity index (χ3v) is 5.57. The molecule has 0 saturated carbocycles. The Morgan fingerprint density at radius 2 is 2.14 bits per heavy atom. The lowest BCUT2D eigenvalue weighted by Crippen LogP contribution is -2.29. The van der Waals surface area contributed by atoms with Crippen molar-refractivity contribution < 1.29 is 4.39 Å². The second kappa shape index (κ2) is 6.15. The third-order valence-electron chi connectivity index (χ3n) is 3.63. The van der Waals surface area contributed by atoms with Gasteiger partial charge in [0, 0.05) is 15.4 Å². The molecule has 112 valence electrons. The minimum Gasteiger partial charge on any atom is -0.302 e. The van der Waals surface area contributed by atoms with E-state index in [4.69, 9.17) is 4.98 Å². The van der Waals surface area contributed by atoms with Crippen molar-refractivity contribution in [1.29, 1.82) is 0 Å². The minimum atomic E-state index is -0.215. The maximum absolute atomic E-state index is 13.7. The number of aryl methyl sites for hydroxylation is 2. The summed E-state index contributed by atoms with van der Waals surface area (Å²) in [6, 6.07) is 5.06. The largest absolute Gasteiger partial charge is 0.302 e. The van der Waals surface area contributed by atoms with E-state index in [0.717, 1.165) is 27.9 Å². The number of benzene rings is 1. The number of nitrogens with one attached hydrogen (secondary N) is 1. The zero-order chi connectivity index (χ0) is 15.0. The van der Waals surface area contributed by atoms with Crippen LogP contribution >= 0.6 is 27.3 Å². The van der Waals surface area contributed by atoms with Crippen LogP contribution in [-0.2, 0) is 12.8 Å². The van der Waals surface area contributed by atoms with Gasteiger partial charge in [-0.3, -0.25) is 0 Å². The maximum atomic E-state index is 13.7. The van der Waals surface area contributed by atoms with E-state index in [2.05, 4.69) is 35.1 Å². The summed E-state index contributed by atoms with van der Waals surface area (Å²) in [6.07, 6.45) is 3.41. The van der Waals surface area contributed by atoms with E-state index in [-0.39, 0.29) is 11.9 Å². The lowest BCUT2D eigenvalue weighted by Gasteiger charge is -2.21. The van der Waals surface area contributed by atoms with Crippen molar-refractivity contribution in [1.82, 2.24) is 10.3 Å². The number of hydrogen-bond acceptors (Lipinski definition) is 3. The molecule has 1 N–H and O–H groups in total. The second-order valence-electron chi connectivity index (χ2n) is 5.70. The Kier molecular flexibility index (Phi) is 4.43. The van der Waals surface area contributed by atoms with Crippen LogP contribution in [0.1, 0.15) is 47.5 Å². The Bertz CT molecular complexity index is 632. The quantitative estimate of drug-likeness (QED) is 0.851. The molecular weight excluding hydrogens is 351 g/mol. The van der Waals surface area contributed by atoms with Gasteiger partial charge in [0.1, 0.15) is 10.8 Å². The lowest BCUT2D eigenvalue weighted by atomic mass is 10.1. The van der Waals surface area contributed by atoms with Gasteiger partial charge in [-0.1, -0.05) is 15.9 Å². The van der Waals surface area contributed by atoms with E-state index in [1.54, 1.807) is 23.5 Å². The Hall–Kier alpha value is -0.780. The summed E-state index contributed by atoms with van der Waals surface area (Å²) in [5.74, 6) is -0.215. The van der Waals surface area contributed by atoms with E-state index in [0.29, 0.717) is 6.04 Å². The number of aromatic nitrogens is 1. The first kappa shape index (κ1) is 15.1. The zero-order valence-electron chi connectivity index (χ0n) is 12.1. The van der Waals surface area contributed by atoms with E-state index in [1.807, 2.05) is 0 Å². The average Bonchev–Trinajstić information content (AvgIpc) is 2.99. The highest BCUT2D eigenvalue weighted by atomic mass is 79.9. The molecular formula is C16H18BrFN2S. The summed E-state index contributed by atoms with van der Waals surface area (Å²) in [4.78, 5) is 6.20. The van der Waals surface area contributed by atoms with E-state index >= 15 is 0 Å². The van der Waals surface area contributed by atoms with Gasteiger partial charge in [0.25, 0.3) is 0 Å². The maximum Gasteiger partial charge on any atom is 0.123 e. The predicted octanol–water partition coefficient (Wildman–Crippen LogP) is 4.62. The second-order valence-corrected chi connectivity index (χ2v) is 7.67. The number of nitrogens with zero attached hydrogens (tertiary/aromatic N) is 1. The van der Waals surface area contributed by atoms with Crippen LogP contribution in [0.4, 0.5) is 4.39 Å². The van der Waals surface area contributed by atoms with Gasteiger partial charge in [-0.2, -0.15) is 0 Å². The zero-order valence-corrected chi connectivity index (χ0v) is 14.5. The van der Waals surface area contributed by atoms with Gasteiger partial charge in [0.05, 0.1) is 11.7 Å². The summed E-state index contributed by atoms with van der Waals surface area (Å²) in [5.41, 5.74) is 2.15. The molecule has 2 aromatic rings. The van der Waals surface area contributed by atoms with Crippen LogP contribution in [0.2, 0.25) is 0 Å². The van der Waals surface area contributed by atoms with Crippen molar-refractivity contribution in [3.05, 3.63) is 49.6 Å². The highest BCUT2D eigenvalue weighted by molar-refractivity contribution is 9.10. The first-order valence-corrected chi connectivity index (χ1v) is 8.85. The number of halogens is 2. The van der Waals surface area contributed by atoms with Crippen LogP contribution < -0.4 is 5.32 Å². The van der Waals surface area contributed by atoms with Crippen LogP contribution in [-0.4, -0.2) is 11.0 Å². The topological polar surface area (TPSA) is 24.9 Å². The number of fused-ring (bicyclic) bond motifs is 1. The van der Waals surface area contributed by atoms with Crippen LogP contribution in [0, 0.1) is 5.82 Å². The van der Waals surface area contributed by atoms with Crippen molar-refractivity contribution in [3.63, 3.8) is 0 Å². The van der Waals surface area contributed by atoms with Crippen molar-refractivity contribution in [2.45, 2.75) is 45.2 Å². The highest BCUT2D eigenvalue weighted by Crippen LogP contribution is 2.36. The first-order valence-electron chi connectivity index (χ1n) is 7.24. The third kappa shape index (κ3) is 3.20. The average molecular weight is 369 g/mol. The molecule has 2 nitrogen and oxygen atoms in total. The fourth-order valence-corrected chi connectivity index (χ4v) is 4.41. The van der Waals surface area contributed by atoms with Crippen molar-refractivity contribution in [2.24, 2.45) is 0 Å². The molecule has 0 radical (unpaired) electrons. The summed E-state index contributed by atoms with van der Waals surface area (Å²) < 4.78 is 14.6. The van der Waals surface area contributed by atoms with E-state index < -0.39 is 0 Å². The fourth-order valence-electron chi connectivity index (χ4n) is 2.70. The lowest BCUT2D eigenvalue weighted by molar-refractivity contribution is 0.521. The molecule has 1 aromatic carbocycles. The van der Waals surface area contributed by atoms with Crippen LogP contribution in [0.15, 0.2) is 22.7 Å². The van der Waals surface area contributed by atoms with E-state index in [9.17, 15) is 4.39 Å². The molecule has 0 amide bonds. The molecule has 1 aliphatic rings. The first-order chi connectivity index (χ1) is 10.0. The van der Waals surface area contributed by atoms with E-state index in [1.165, 1.54) is 23.1 Å². The van der Waals surface area contributed by atoms with Gasteiger partial charge >= 0.3 is 0 Å². The molecule has 1 unspecified atom stereocenters. The molecule has 1 heterocycles. The summed E-state index contributed by atoms with van der Waals surface area (Å²) in [7, 11) is 0. The van der Waals surface area contributed by atoms with Crippen molar-refractivity contribution in [2.75, 3.05) is 0 Å². The summed E-state index contributed by atoms with van der Waals surface area (Å²) in [5, 5.41) is 4.56. The van der Waals surface area contributed by atoms with Gasteiger partial charge in [0.15, 0.2) is 0 Å². The molecule has 0 aliphatic heterocycles. The van der Waals surface area contributed by atoms with Gasteiger partial charge in [0.2, 0.25) is 0 Å². The van der Waals surface area contributed by atoms with Crippen molar-refractivity contribution in [3.8, 4) is 0 Å². The molecule has 3 rings (SSSR count). The molecule has 0 spiro atoms. The fraction of sp³-hybridized carbons (Fsp3) is 0.438. The SMILES string of the molecule is CC(C)NC(c1nc2c(s1)CCC2)c1cc(F)ccc1Br. The predicted molar refractivity (Wildman–Crippen MR) is 88.4 cm³/mol. The van der Waals surface area contributed by atoms with Crippen LogP contribution in [0.5, 0.6) is 0 Å². The molecule has 1 aliphatic carbocycles. The van der Waals surface area contributed by atoms with Crippen LogP contribution in [0.25, 0.3) is 0 Å². The molecule has 21 heavy (non-hydrogen) atoms. The number of thiazole rings is 1. The molecule has 0 saturated heterocycles. The van der Waals surface area contributed by atoms with Crippen molar-refractivity contribution >= 4 is 27.3 Å². The molecule has 0 fully saturated rings. The Morgan fingerprint density at radius 1 is 1.33 bits per heavy atom. The Morgan fingerprint density at radius 3 is 2.86 bits per heavy atom. The Labute approximate surface area is 136 Å².